The van der Waals surface area contributed by atoms with Gasteiger partial charge in [0.05, 0.1) is 6.04 Å². The topological polar surface area (TPSA) is 146 Å². The fourth-order valence-corrected chi connectivity index (χ4v) is 13.9. The van der Waals surface area contributed by atoms with Crippen molar-refractivity contribution in [3.8, 4) is 0 Å². The number of fused-ring (bicyclic) bond motifs is 1. The van der Waals surface area contributed by atoms with Crippen molar-refractivity contribution in [1.82, 2.24) is 20.2 Å². The molecule has 0 bridgehead atoms. The zero-order valence-corrected chi connectivity index (χ0v) is 46.9. The molecule has 10 aromatic rings. The Balaban J connectivity index is 0.999. The van der Waals surface area contributed by atoms with Crippen LogP contribution in [-0.2, 0) is 30.4 Å². The number of carbonyl (C=O) groups excluding carboxylic acids is 2. The first-order valence-electron chi connectivity index (χ1n) is 27.1. The molecule has 2 aliphatic heterocycles. The predicted molar refractivity (Wildman–Crippen MR) is 327 cm³/mol. The SMILES string of the molecule is O=C(O)C1=C(Sc2ccncc2)C(C(c2ccccc2)c2ccccc2)C[C@@H]2[C@H](NC(=O)C(=NOC(c3ccccc3)(c3ccccc3)c3ccccc3)c3nc(NC(c4ccccc4)(c4ccccc4)c4ccccc4)sc3Cl)C(=O)N12. The van der Waals surface area contributed by atoms with Gasteiger partial charge in [-0.1, -0.05) is 283 Å². The van der Waals surface area contributed by atoms with Gasteiger partial charge < -0.3 is 20.6 Å². The van der Waals surface area contributed by atoms with Crippen LogP contribution < -0.4 is 10.6 Å². The molecule has 3 atom stereocenters. The molecule has 408 valence electrons. The lowest BCUT2D eigenvalue weighted by Crippen LogP contribution is -2.73. The van der Waals surface area contributed by atoms with Gasteiger partial charge in [-0.3, -0.25) is 19.5 Å². The van der Waals surface area contributed by atoms with Gasteiger partial charge in [0.1, 0.15) is 27.3 Å². The molecule has 14 heteroatoms. The molecule has 4 heterocycles. The number of thiazole rings is 1. The van der Waals surface area contributed by atoms with Gasteiger partial charge in [-0.15, -0.1) is 0 Å². The number of allylic oxidation sites excluding steroid dienone is 1. The van der Waals surface area contributed by atoms with Crippen LogP contribution in [0.2, 0.25) is 4.34 Å². The largest absolute Gasteiger partial charge is 0.477 e. The van der Waals surface area contributed by atoms with Crippen LogP contribution >= 0.6 is 34.7 Å². The number of hydrogen-bond acceptors (Lipinski definition) is 10. The van der Waals surface area contributed by atoms with Crippen molar-refractivity contribution in [3.05, 3.63) is 332 Å². The number of β-lactam (4-membered cyclic amide) rings is 1. The maximum Gasteiger partial charge on any atom is 0.353 e. The summed E-state index contributed by atoms with van der Waals surface area (Å²) in [5, 5.41) is 23.4. The Morgan fingerprint density at radius 1 is 0.627 bits per heavy atom. The van der Waals surface area contributed by atoms with E-state index in [2.05, 4.69) is 52.0 Å². The highest BCUT2D eigenvalue weighted by atomic mass is 35.5. The van der Waals surface area contributed by atoms with E-state index >= 15 is 4.79 Å². The Morgan fingerprint density at radius 2 is 1.05 bits per heavy atom. The van der Waals surface area contributed by atoms with Gasteiger partial charge in [0.2, 0.25) is 5.60 Å². The van der Waals surface area contributed by atoms with E-state index in [1.165, 1.54) is 16.7 Å². The molecule has 1 unspecified atom stereocenters. The number of carboxylic acid groups (broad SMARTS) is 1. The normalized spacial score (nSPS) is 16.2. The molecule has 3 N–H and O–H groups in total. The first-order valence-corrected chi connectivity index (χ1v) is 29.1. The summed E-state index contributed by atoms with van der Waals surface area (Å²) in [7, 11) is 0. The number of oxime groups is 1. The van der Waals surface area contributed by atoms with Crippen molar-refractivity contribution in [2.24, 2.45) is 11.1 Å². The quantitative estimate of drug-likeness (QED) is 0.0312. The average molecular weight is 1150 g/mol. The molecule has 8 aromatic carbocycles. The molecule has 83 heavy (non-hydrogen) atoms. The van der Waals surface area contributed by atoms with Gasteiger partial charge in [0.25, 0.3) is 11.8 Å². The van der Waals surface area contributed by atoms with Gasteiger partial charge >= 0.3 is 5.97 Å². The Labute approximate surface area is 494 Å². The number of nitrogens with zero attached hydrogens (tertiary/aromatic N) is 4. The van der Waals surface area contributed by atoms with E-state index in [1.807, 2.05) is 218 Å². The lowest BCUT2D eigenvalue weighted by Gasteiger charge is -2.53. The number of benzene rings is 8. The summed E-state index contributed by atoms with van der Waals surface area (Å²) < 4.78 is 0.111. The summed E-state index contributed by atoms with van der Waals surface area (Å²) in [6.07, 6.45) is 3.59. The van der Waals surface area contributed by atoms with E-state index < -0.39 is 46.9 Å². The van der Waals surface area contributed by atoms with Crippen LogP contribution in [0.15, 0.2) is 288 Å². The minimum atomic E-state index is -1.45. The fraction of sp³-hybridized carbons (Fsp3) is 0.101. The summed E-state index contributed by atoms with van der Waals surface area (Å²) in [6, 6.07) is 80.6. The highest BCUT2D eigenvalue weighted by molar-refractivity contribution is 8.03. The summed E-state index contributed by atoms with van der Waals surface area (Å²) in [5.41, 5.74) is 3.85. The zero-order chi connectivity index (χ0) is 56.8. The van der Waals surface area contributed by atoms with Crippen molar-refractivity contribution in [2.45, 2.75) is 40.5 Å². The van der Waals surface area contributed by atoms with Crippen molar-refractivity contribution in [3.63, 3.8) is 0 Å². The van der Waals surface area contributed by atoms with Crippen LogP contribution in [0.4, 0.5) is 5.13 Å². The number of anilines is 1. The third-order valence-corrected chi connectivity index (χ3v) is 17.8. The Hall–Kier alpha value is -9.40. The summed E-state index contributed by atoms with van der Waals surface area (Å²) in [6.45, 7) is 0. The number of carbonyl (C=O) groups is 3. The maximum absolute atomic E-state index is 15.8. The molecule has 2 aromatic heterocycles. The molecule has 2 aliphatic rings. The molecule has 11 nitrogen and oxygen atoms in total. The van der Waals surface area contributed by atoms with Gasteiger partial charge in [-0.25, -0.2) is 9.78 Å². The van der Waals surface area contributed by atoms with Crippen LogP contribution in [0.1, 0.15) is 62.5 Å². The van der Waals surface area contributed by atoms with Crippen LogP contribution in [0.5, 0.6) is 0 Å². The number of thioether (sulfide) groups is 1. The number of amides is 2. The Kier molecular flexibility index (Phi) is 15.7. The van der Waals surface area contributed by atoms with Crippen molar-refractivity contribution in [1.29, 1.82) is 0 Å². The second-order valence-corrected chi connectivity index (χ2v) is 22.8. The lowest BCUT2D eigenvalue weighted by atomic mass is 9.71. The molecule has 0 spiro atoms. The van der Waals surface area contributed by atoms with Gasteiger partial charge in [0, 0.05) is 50.7 Å². The maximum atomic E-state index is 15.8. The van der Waals surface area contributed by atoms with E-state index in [1.54, 1.807) is 12.4 Å². The first-order chi connectivity index (χ1) is 40.7. The van der Waals surface area contributed by atoms with E-state index in [0.29, 0.717) is 26.7 Å². The average Bonchev–Trinajstić information content (AvgIpc) is 3.48. The van der Waals surface area contributed by atoms with Gasteiger partial charge in [-0.2, -0.15) is 0 Å². The van der Waals surface area contributed by atoms with Crippen molar-refractivity contribution in [2.75, 3.05) is 5.32 Å². The van der Waals surface area contributed by atoms with Crippen LogP contribution in [0.25, 0.3) is 0 Å². The molecular weight excluding hydrogens is 1090 g/mol. The number of hydrogen-bond donors (Lipinski definition) is 3. The molecule has 1 saturated heterocycles. The second-order valence-electron chi connectivity index (χ2n) is 20.1. The van der Waals surface area contributed by atoms with Crippen LogP contribution in [0, 0.1) is 5.92 Å². The number of carboxylic acids is 1. The smallest absolute Gasteiger partial charge is 0.353 e. The Bertz CT molecular complexity index is 3710. The Morgan fingerprint density at radius 3 is 1.48 bits per heavy atom. The minimum absolute atomic E-state index is 0.0108. The fourth-order valence-electron chi connectivity index (χ4n) is 11.6. The number of halogens is 1. The highest BCUT2D eigenvalue weighted by Crippen LogP contribution is 2.53. The second kappa shape index (κ2) is 24.0. The zero-order valence-electron chi connectivity index (χ0n) is 44.5. The van der Waals surface area contributed by atoms with E-state index in [9.17, 15) is 14.7 Å². The van der Waals surface area contributed by atoms with E-state index in [-0.39, 0.29) is 33.8 Å². The molecule has 0 radical (unpaired) electrons. The molecular formula is C69H53ClN6O5S2. The monoisotopic (exact) mass is 1140 g/mol. The van der Waals surface area contributed by atoms with Crippen LogP contribution in [0.3, 0.4) is 0 Å². The van der Waals surface area contributed by atoms with Crippen LogP contribution in [-0.4, -0.2) is 55.6 Å². The van der Waals surface area contributed by atoms with Crippen molar-refractivity contribution >= 4 is 63.3 Å². The van der Waals surface area contributed by atoms with E-state index in [4.69, 9.17) is 26.6 Å². The first kappa shape index (κ1) is 54.2. The molecule has 0 saturated carbocycles. The summed E-state index contributed by atoms with van der Waals surface area (Å²) >= 11 is 9.86. The van der Waals surface area contributed by atoms with Gasteiger partial charge in [0.15, 0.2) is 10.8 Å². The summed E-state index contributed by atoms with van der Waals surface area (Å²) in [4.78, 5) is 63.7. The lowest BCUT2D eigenvalue weighted by molar-refractivity contribution is -0.156. The number of aromatic nitrogens is 2. The molecule has 2 amide bonds. The molecule has 12 rings (SSSR count). The third kappa shape index (κ3) is 10.5. The van der Waals surface area contributed by atoms with Gasteiger partial charge in [-0.05, 0) is 46.4 Å². The summed E-state index contributed by atoms with van der Waals surface area (Å²) in [5.74, 6) is -3.52. The molecule has 1 fully saturated rings. The number of nitrogens with one attached hydrogen (secondary N) is 2. The highest BCUT2D eigenvalue weighted by Gasteiger charge is 2.57. The number of rotatable bonds is 19. The standard InChI is InChI=1S/C69H53ClN6O5S2/c70-63-59(73-67(83-63)74-68(48-29-13-3-14-30-48,49-31-15-4-16-32-49)50-33-17-5-18-34-50)60(75-81-69(51-35-19-6-20-36-51,52-37-21-7-22-38-52)53-39-23-8-24-40-53)64(77)72-58-56-45-55(57(46-25-9-1-10-26-46)47-27-11-2-12-28-47)62(82-54-41-43-71-44-42-54)61(66(79)80)76(56)65(58)78/h1-44,55-58H,45H2,(H,72,77)(H,73,74)(H,79,80)/t55?,56-,58+/m1/s1. The number of aliphatic carboxylic acids is 1. The minimum Gasteiger partial charge on any atom is -0.477 e. The third-order valence-electron chi connectivity index (χ3n) is 15.4. The molecule has 0 aliphatic carbocycles. The predicted octanol–water partition coefficient (Wildman–Crippen LogP) is 13.9. The van der Waals surface area contributed by atoms with E-state index in [0.717, 1.165) is 44.0 Å². The van der Waals surface area contributed by atoms with Crippen molar-refractivity contribution < 1.29 is 24.3 Å². The number of pyridine rings is 1.